The molecule has 0 amide bonds. The minimum atomic E-state index is -3.81. The molecule has 150 valence electrons. The van der Waals surface area contributed by atoms with Crippen LogP contribution in [0.5, 0.6) is 0 Å². The number of nitrogens with one attached hydrogen (secondary N) is 1. The fraction of sp³-hybridized carbons (Fsp3) is 0.368. The van der Waals surface area contributed by atoms with E-state index in [9.17, 15) is 18.5 Å². The maximum absolute atomic E-state index is 12.8. The second-order valence-corrected chi connectivity index (χ2v) is 8.58. The van der Waals surface area contributed by atoms with Crippen molar-refractivity contribution in [3.63, 3.8) is 0 Å². The first-order chi connectivity index (χ1) is 13.4. The van der Waals surface area contributed by atoms with Crippen molar-refractivity contribution in [2.75, 3.05) is 29.8 Å². The van der Waals surface area contributed by atoms with Crippen LogP contribution >= 0.6 is 0 Å². The number of nitrogens with zero attached hydrogens (tertiary/aromatic N) is 2. The van der Waals surface area contributed by atoms with Gasteiger partial charge >= 0.3 is 0 Å². The zero-order valence-electron chi connectivity index (χ0n) is 15.6. The van der Waals surface area contributed by atoms with Gasteiger partial charge in [-0.2, -0.15) is 0 Å². The van der Waals surface area contributed by atoms with Crippen LogP contribution in [0.2, 0.25) is 0 Å². The van der Waals surface area contributed by atoms with E-state index in [1.165, 1.54) is 31.3 Å². The van der Waals surface area contributed by atoms with Crippen LogP contribution in [-0.4, -0.2) is 39.6 Å². The topological polar surface area (TPSA) is 102 Å². The molecule has 0 spiro atoms. The summed E-state index contributed by atoms with van der Waals surface area (Å²) in [5.74, 6) is 0. The van der Waals surface area contributed by atoms with Crippen LogP contribution in [0.4, 0.5) is 17.1 Å². The molecule has 1 heterocycles. The van der Waals surface area contributed by atoms with Crippen molar-refractivity contribution in [3.05, 3.63) is 58.6 Å². The molecule has 0 radical (unpaired) electrons. The maximum Gasteiger partial charge on any atom is 0.294 e. The number of hydrogen-bond acceptors (Lipinski definition) is 6. The Balaban J connectivity index is 1.82. The number of benzene rings is 2. The molecule has 1 fully saturated rings. The molecule has 8 nitrogen and oxygen atoms in total. The number of sulfonamides is 1. The summed E-state index contributed by atoms with van der Waals surface area (Å²) in [5, 5.41) is 14.6. The van der Waals surface area contributed by atoms with Crippen molar-refractivity contribution in [2.45, 2.75) is 30.3 Å². The zero-order chi connectivity index (χ0) is 20.1. The molecule has 2 aromatic rings. The Hall–Kier alpha value is -2.65. The Morgan fingerprint density at radius 3 is 2.61 bits per heavy atom. The fourth-order valence-electron chi connectivity index (χ4n) is 3.10. The third kappa shape index (κ3) is 4.42. The van der Waals surface area contributed by atoms with Crippen LogP contribution in [0.3, 0.4) is 0 Å². The number of nitro groups is 1. The Kier molecular flexibility index (Phi) is 6.15. The maximum atomic E-state index is 12.8. The Labute approximate surface area is 164 Å². The normalized spacial score (nSPS) is 17.1. The van der Waals surface area contributed by atoms with Gasteiger partial charge in [-0.1, -0.05) is 18.2 Å². The second kappa shape index (κ2) is 8.57. The molecule has 1 saturated heterocycles. The number of rotatable bonds is 7. The summed E-state index contributed by atoms with van der Waals surface area (Å²) in [4.78, 5) is 11.1. The molecule has 0 bridgehead atoms. The van der Waals surface area contributed by atoms with Crippen molar-refractivity contribution in [2.24, 2.45) is 0 Å². The third-order valence-electron chi connectivity index (χ3n) is 4.74. The van der Waals surface area contributed by atoms with Gasteiger partial charge in [-0.05, 0) is 43.5 Å². The fourth-order valence-corrected chi connectivity index (χ4v) is 4.31. The molecule has 0 unspecified atom stereocenters. The van der Waals surface area contributed by atoms with E-state index >= 15 is 0 Å². The monoisotopic (exact) mass is 405 g/mol. The van der Waals surface area contributed by atoms with E-state index in [1.807, 2.05) is 0 Å². The molecule has 2 aromatic carbocycles. The first kappa shape index (κ1) is 20.1. The van der Waals surface area contributed by atoms with Crippen LogP contribution in [0, 0.1) is 10.1 Å². The van der Waals surface area contributed by atoms with Crippen LogP contribution in [-0.2, 0) is 14.8 Å². The van der Waals surface area contributed by atoms with E-state index in [0.717, 1.165) is 23.6 Å². The Morgan fingerprint density at radius 2 is 1.96 bits per heavy atom. The van der Waals surface area contributed by atoms with Gasteiger partial charge in [0.05, 0.1) is 21.6 Å². The molecular formula is C19H23N3O5S. The highest BCUT2D eigenvalue weighted by Crippen LogP contribution is 2.32. The van der Waals surface area contributed by atoms with Crippen LogP contribution < -0.4 is 9.62 Å². The average Bonchev–Trinajstić information content (AvgIpc) is 2.73. The van der Waals surface area contributed by atoms with Gasteiger partial charge in [0.2, 0.25) is 0 Å². The third-order valence-corrected chi connectivity index (χ3v) is 6.54. The number of nitro benzene ring substituents is 1. The van der Waals surface area contributed by atoms with E-state index in [1.54, 1.807) is 24.3 Å². The predicted molar refractivity (Wildman–Crippen MR) is 107 cm³/mol. The van der Waals surface area contributed by atoms with Gasteiger partial charge in [-0.25, -0.2) is 8.42 Å². The smallest absolute Gasteiger partial charge is 0.294 e. The van der Waals surface area contributed by atoms with Crippen molar-refractivity contribution in [1.82, 2.24) is 0 Å². The van der Waals surface area contributed by atoms with Gasteiger partial charge in [0.1, 0.15) is 5.69 Å². The number of ether oxygens (including phenoxy) is 1. The van der Waals surface area contributed by atoms with Gasteiger partial charge in [0, 0.05) is 26.3 Å². The van der Waals surface area contributed by atoms with E-state index in [-0.39, 0.29) is 22.4 Å². The van der Waals surface area contributed by atoms with Crippen molar-refractivity contribution >= 4 is 27.1 Å². The van der Waals surface area contributed by atoms with Gasteiger partial charge in [-0.3, -0.25) is 14.4 Å². The Morgan fingerprint density at radius 1 is 1.21 bits per heavy atom. The first-order valence-electron chi connectivity index (χ1n) is 9.07. The van der Waals surface area contributed by atoms with Crippen LogP contribution in [0.1, 0.15) is 19.3 Å². The molecule has 0 aromatic heterocycles. The lowest BCUT2D eigenvalue weighted by Crippen LogP contribution is -2.28. The summed E-state index contributed by atoms with van der Waals surface area (Å²) in [6.07, 6.45) is 3.05. The highest BCUT2D eigenvalue weighted by atomic mass is 32.2. The highest BCUT2D eigenvalue weighted by molar-refractivity contribution is 7.92. The van der Waals surface area contributed by atoms with Crippen molar-refractivity contribution < 1.29 is 18.1 Å². The predicted octanol–water partition coefficient (Wildman–Crippen LogP) is 3.40. The molecule has 9 heteroatoms. The Bertz CT molecular complexity index is 928. The molecule has 3 rings (SSSR count). The zero-order valence-corrected chi connectivity index (χ0v) is 16.4. The largest absolute Gasteiger partial charge is 0.377 e. The van der Waals surface area contributed by atoms with Gasteiger partial charge in [0.15, 0.2) is 0 Å². The van der Waals surface area contributed by atoms with E-state index in [0.29, 0.717) is 18.8 Å². The summed E-state index contributed by atoms with van der Waals surface area (Å²) in [7, 11) is -2.43. The summed E-state index contributed by atoms with van der Waals surface area (Å²) in [6, 6.07) is 12.3. The van der Waals surface area contributed by atoms with Crippen LogP contribution in [0.25, 0.3) is 0 Å². The molecular weight excluding hydrogens is 382 g/mol. The molecule has 1 aliphatic rings. The molecule has 0 saturated carbocycles. The quantitative estimate of drug-likeness (QED) is 0.559. The van der Waals surface area contributed by atoms with E-state index in [2.05, 4.69) is 5.32 Å². The lowest BCUT2D eigenvalue weighted by atomic mass is 10.1. The van der Waals surface area contributed by atoms with Gasteiger partial charge in [0.25, 0.3) is 15.7 Å². The van der Waals surface area contributed by atoms with Crippen LogP contribution in [0.15, 0.2) is 53.4 Å². The molecule has 1 aliphatic heterocycles. The lowest BCUT2D eigenvalue weighted by molar-refractivity contribution is -0.383. The first-order valence-corrected chi connectivity index (χ1v) is 10.5. The molecule has 28 heavy (non-hydrogen) atoms. The highest BCUT2D eigenvalue weighted by Gasteiger charge is 2.24. The average molecular weight is 405 g/mol. The van der Waals surface area contributed by atoms with E-state index < -0.39 is 14.9 Å². The number of hydrogen-bond donors (Lipinski definition) is 1. The standard InChI is InChI=1S/C19H23N3O5S/c1-21(28(25,26)17-8-3-2-4-9-17)15-10-11-18(19(13-15)22(23)24)20-14-16-7-5-6-12-27-16/h2-4,8-11,13,16,20H,5-7,12,14H2,1H3/t16-/m1/s1. The number of anilines is 2. The van der Waals surface area contributed by atoms with Crippen molar-refractivity contribution in [3.8, 4) is 0 Å². The summed E-state index contributed by atoms with van der Waals surface area (Å²) >= 11 is 0. The summed E-state index contributed by atoms with van der Waals surface area (Å²) < 4.78 is 32.2. The van der Waals surface area contributed by atoms with Crippen molar-refractivity contribution in [1.29, 1.82) is 0 Å². The van der Waals surface area contributed by atoms with E-state index in [4.69, 9.17) is 4.74 Å². The summed E-state index contributed by atoms with van der Waals surface area (Å²) in [5.41, 5.74) is 0.381. The second-order valence-electron chi connectivity index (χ2n) is 6.61. The molecule has 0 aliphatic carbocycles. The SMILES string of the molecule is CN(c1ccc(NC[C@H]2CCCCO2)c([N+](=O)[O-])c1)S(=O)(=O)c1ccccc1. The minimum Gasteiger partial charge on any atom is -0.377 e. The lowest BCUT2D eigenvalue weighted by Gasteiger charge is -2.23. The van der Waals surface area contributed by atoms with Gasteiger partial charge in [-0.15, -0.1) is 0 Å². The van der Waals surface area contributed by atoms with Gasteiger partial charge < -0.3 is 10.1 Å². The molecule has 1 atom stereocenters. The summed E-state index contributed by atoms with van der Waals surface area (Å²) in [6.45, 7) is 1.17. The molecule has 1 N–H and O–H groups in total. The minimum absolute atomic E-state index is 0.0224.